The van der Waals surface area contributed by atoms with E-state index in [-0.39, 0.29) is 26.1 Å². The molecule has 0 aromatic heterocycles. The van der Waals surface area contributed by atoms with Crippen LogP contribution in [0.25, 0.3) is 0 Å². The molecule has 0 aromatic carbocycles. The van der Waals surface area contributed by atoms with E-state index in [9.17, 15) is 13.6 Å². The lowest BCUT2D eigenvalue weighted by Crippen LogP contribution is -2.41. The molecule has 1 rings (SSSR count). The molecule has 0 spiro atoms. The van der Waals surface area contributed by atoms with Crippen LogP contribution in [0.1, 0.15) is 12.8 Å². The van der Waals surface area contributed by atoms with Gasteiger partial charge >= 0.3 is 0 Å². The maximum Gasteiger partial charge on any atom is 0.264 e. The summed E-state index contributed by atoms with van der Waals surface area (Å²) in [5.74, 6) is 0. The highest BCUT2D eigenvalue weighted by Crippen LogP contribution is 2.31. The van der Waals surface area contributed by atoms with Crippen molar-refractivity contribution in [2.24, 2.45) is 4.99 Å². The molecule has 0 saturated carbocycles. The third-order valence-corrected chi connectivity index (χ3v) is 2.03. The largest absolute Gasteiger partial charge is 0.381 e. The second-order valence-corrected chi connectivity index (χ2v) is 2.72. The molecular weight excluding hydrogens is 168 g/mol. The van der Waals surface area contributed by atoms with Crippen molar-refractivity contribution >= 4 is 6.08 Å². The van der Waals surface area contributed by atoms with Crippen molar-refractivity contribution in [1.82, 2.24) is 0 Å². The van der Waals surface area contributed by atoms with Crippen molar-refractivity contribution in [2.75, 3.05) is 13.2 Å². The first-order chi connectivity index (χ1) is 5.71. The SMILES string of the molecule is O=C=NC1(C(F)F)CCOCC1. The number of nitrogens with zero attached hydrogens (tertiary/aromatic N) is 1. The fourth-order valence-electron chi connectivity index (χ4n) is 1.19. The molecule has 0 N–H and O–H groups in total. The van der Waals surface area contributed by atoms with E-state index in [4.69, 9.17) is 4.74 Å². The van der Waals surface area contributed by atoms with Gasteiger partial charge in [-0.3, -0.25) is 0 Å². The number of aliphatic imine (C=N–C) groups is 1. The van der Waals surface area contributed by atoms with Crippen molar-refractivity contribution in [1.29, 1.82) is 0 Å². The molecule has 0 atom stereocenters. The number of hydrogen-bond donors (Lipinski definition) is 0. The molecule has 1 aliphatic rings. The smallest absolute Gasteiger partial charge is 0.264 e. The van der Waals surface area contributed by atoms with Gasteiger partial charge in [-0.2, -0.15) is 4.99 Å². The van der Waals surface area contributed by atoms with Gasteiger partial charge in [0, 0.05) is 26.1 Å². The number of hydrogen-bond acceptors (Lipinski definition) is 3. The second kappa shape index (κ2) is 3.74. The molecule has 1 heterocycles. The zero-order valence-electron chi connectivity index (χ0n) is 6.43. The topological polar surface area (TPSA) is 38.7 Å². The van der Waals surface area contributed by atoms with Gasteiger partial charge in [0.25, 0.3) is 6.43 Å². The van der Waals surface area contributed by atoms with Crippen LogP contribution in [0.5, 0.6) is 0 Å². The number of alkyl halides is 2. The lowest BCUT2D eigenvalue weighted by atomic mass is 9.91. The summed E-state index contributed by atoms with van der Waals surface area (Å²) in [5, 5.41) is 0. The van der Waals surface area contributed by atoms with E-state index in [1.165, 1.54) is 6.08 Å². The zero-order valence-corrected chi connectivity index (χ0v) is 6.43. The third kappa shape index (κ3) is 1.68. The molecule has 0 radical (unpaired) electrons. The average molecular weight is 177 g/mol. The van der Waals surface area contributed by atoms with Crippen LogP contribution in [0.3, 0.4) is 0 Å². The molecule has 0 amide bonds. The van der Waals surface area contributed by atoms with Gasteiger partial charge in [-0.15, -0.1) is 0 Å². The lowest BCUT2D eigenvalue weighted by Gasteiger charge is -2.30. The van der Waals surface area contributed by atoms with Crippen LogP contribution in [-0.4, -0.2) is 31.3 Å². The van der Waals surface area contributed by atoms with Gasteiger partial charge in [-0.05, 0) is 0 Å². The molecule has 1 fully saturated rings. The highest BCUT2D eigenvalue weighted by Gasteiger charge is 2.41. The van der Waals surface area contributed by atoms with Gasteiger partial charge < -0.3 is 4.74 Å². The molecule has 1 aliphatic heterocycles. The minimum atomic E-state index is -2.61. The standard InChI is InChI=1S/C7H9F2NO2/c8-6(9)7(10-5-11)1-3-12-4-2-7/h6H,1-4H2. The van der Waals surface area contributed by atoms with Crippen molar-refractivity contribution in [3.63, 3.8) is 0 Å². The van der Waals surface area contributed by atoms with Gasteiger partial charge in [0.15, 0.2) is 0 Å². The summed E-state index contributed by atoms with van der Waals surface area (Å²) in [7, 11) is 0. The molecule has 68 valence electrons. The number of rotatable bonds is 2. The van der Waals surface area contributed by atoms with E-state index < -0.39 is 12.0 Å². The first-order valence-corrected chi connectivity index (χ1v) is 3.66. The van der Waals surface area contributed by atoms with E-state index in [0.29, 0.717) is 0 Å². The Bertz CT molecular complexity index is 196. The summed E-state index contributed by atoms with van der Waals surface area (Å²) in [4.78, 5) is 13.1. The van der Waals surface area contributed by atoms with Crippen LogP contribution in [0.4, 0.5) is 8.78 Å². The number of carbonyl (C=O) groups excluding carboxylic acids is 1. The molecular formula is C7H9F2NO2. The number of isocyanates is 1. The Morgan fingerprint density at radius 2 is 2.00 bits per heavy atom. The van der Waals surface area contributed by atoms with E-state index in [2.05, 4.69) is 4.99 Å². The number of halogens is 2. The molecule has 0 aromatic rings. The van der Waals surface area contributed by atoms with Crippen LogP contribution in [0, 0.1) is 0 Å². The Balaban J connectivity index is 2.76. The Morgan fingerprint density at radius 3 is 2.42 bits per heavy atom. The average Bonchev–Trinajstić information content (AvgIpc) is 2.06. The Kier molecular flexibility index (Phi) is 2.89. The molecule has 1 saturated heterocycles. The van der Waals surface area contributed by atoms with Gasteiger partial charge in [-0.25, -0.2) is 13.6 Å². The summed E-state index contributed by atoms with van der Waals surface area (Å²) in [5.41, 5.74) is -1.53. The van der Waals surface area contributed by atoms with E-state index in [1.807, 2.05) is 0 Å². The minimum Gasteiger partial charge on any atom is -0.381 e. The van der Waals surface area contributed by atoms with E-state index in [0.717, 1.165) is 0 Å². The molecule has 0 aliphatic carbocycles. The third-order valence-electron chi connectivity index (χ3n) is 2.03. The molecule has 5 heteroatoms. The summed E-state index contributed by atoms with van der Waals surface area (Å²) < 4.78 is 29.8. The monoisotopic (exact) mass is 177 g/mol. The van der Waals surface area contributed by atoms with E-state index in [1.54, 1.807) is 0 Å². The molecule has 0 bridgehead atoms. The van der Waals surface area contributed by atoms with Crippen LogP contribution in [-0.2, 0) is 9.53 Å². The van der Waals surface area contributed by atoms with Crippen LogP contribution < -0.4 is 0 Å². The maximum atomic E-state index is 12.4. The van der Waals surface area contributed by atoms with Crippen molar-refractivity contribution in [3.8, 4) is 0 Å². The van der Waals surface area contributed by atoms with Crippen LogP contribution in [0.15, 0.2) is 4.99 Å². The van der Waals surface area contributed by atoms with E-state index >= 15 is 0 Å². The second-order valence-electron chi connectivity index (χ2n) is 2.72. The Hall–Kier alpha value is -0.800. The summed E-state index contributed by atoms with van der Waals surface area (Å²) in [6.07, 6.45) is -1.22. The summed E-state index contributed by atoms with van der Waals surface area (Å²) in [6.45, 7) is 0.463. The predicted octanol–water partition coefficient (Wildman–Crippen LogP) is 1.14. The fourth-order valence-corrected chi connectivity index (χ4v) is 1.19. The number of ether oxygens (including phenoxy) is 1. The van der Waals surface area contributed by atoms with Gasteiger partial charge in [-0.1, -0.05) is 0 Å². The fraction of sp³-hybridized carbons (Fsp3) is 0.857. The molecule has 0 unspecified atom stereocenters. The zero-order chi connectivity index (χ0) is 9.03. The normalized spacial score (nSPS) is 21.9. The molecule has 3 nitrogen and oxygen atoms in total. The Labute approximate surface area is 68.4 Å². The summed E-state index contributed by atoms with van der Waals surface area (Å²) >= 11 is 0. The first-order valence-electron chi connectivity index (χ1n) is 3.66. The van der Waals surface area contributed by atoms with Gasteiger partial charge in [0.1, 0.15) is 5.54 Å². The van der Waals surface area contributed by atoms with Gasteiger partial charge in [0.05, 0.1) is 0 Å². The maximum absolute atomic E-state index is 12.4. The van der Waals surface area contributed by atoms with Crippen molar-refractivity contribution < 1.29 is 18.3 Å². The highest BCUT2D eigenvalue weighted by atomic mass is 19.3. The van der Waals surface area contributed by atoms with Crippen LogP contribution in [0.2, 0.25) is 0 Å². The predicted molar refractivity (Wildman–Crippen MR) is 36.9 cm³/mol. The van der Waals surface area contributed by atoms with Crippen LogP contribution >= 0.6 is 0 Å². The minimum absolute atomic E-state index is 0.0971. The van der Waals surface area contributed by atoms with Crippen molar-refractivity contribution in [3.05, 3.63) is 0 Å². The van der Waals surface area contributed by atoms with Crippen molar-refractivity contribution in [2.45, 2.75) is 24.8 Å². The molecule has 12 heavy (non-hydrogen) atoms. The Morgan fingerprint density at radius 1 is 1.42 bits per heavy atom. The highest BCUT2D eigenvalue weighted by molar-refractivity contribution is 5.35. The van der Waals surface area contributed by atoms with Gasteiger partial charge in [0.2, 0.25) is 6.08 Å². The lowest BCUT2D eigenvalue weighted by molar-refractivity contribution is -0.0256. The quantitative estimate of drug-likeness (QED) is 0.468. The summed E-state index contributed by atoms with van der Waals surface area (Å²) in [6, 6.07) is 0. The first kappa shape index (κ1) is 9.29.